The van der Waals surface area contributed by atoms with E-state index in [2.05, 4.69) is 15.1 Å². The van der Waals surface area contributed by atoms with Gasteiger partial charge in [0.1, 0.15) is 12.1 Å². The van der Waals surface area contributed by atoms with Gasteiger partial charge in [0.15, 0.2) is 11.4 Å². The molecule has 6 nitrogen and oxygen atoms in total. The van der Waals surface area contributed by atoms with Crippen LogP contribution in [0.3, 0.4) is 0 Å². The van der Waals surface area contributed by atoms with Crippen LogP contribution in [0.15, 0.2) is 36.8 Å². The topological polar surface area (TPSA) is 86.7 Å². The van der Waals surface area contributed by atoms with E-state index < -0.39 is 0 Å². The van der Waals surface area contributed by atoms with Gasteiger partial charge in [0.25, 0.3) is 0 Å². The van der Waals surface area contributed by atoms with E-state index in [0.717, 1.165) is 5.69 Å². The number of aromatic nitrogens is 4. The highest BCUT2D eigenvalue weighted by Crippen LogP contribution is 2.20. The van der Waals surface area contributed by atoms with Crippen molar-refractivity contribution in [2.24, 2.45) is 0 Å². The molecule has 3 aromatic rings. The van der Waals surface area contributed by atoms with Gasteiger partial charge in [0, 0.05) is 5.56 Å². The number of hydrogen-bond donors (Lipinski definition) is 1. The molecule has 0 bridgehead atoms. The van der Waals surface area contributed by atoms with Crippen LogP contribution in [0, 0.1) is 0 Å². The second-order valence-corrected chi connectivity index (χ2v) is 4.16. The molecule has 2 aromatic heterocycles. The lowest BCUT2D eigenvalue weighted by atomic mass is 10.1. The first kappa shape index (κ1) is 11.3. The molecule has 0 fully saturated rings. The fraction of sp³-hybridized carbons (Fsp3) is 0.0769. The van der Waals surface area contributed by atoms with E-state index in [9.17, 15) is 4.79 Å². The molecule has 0 unspecified atom stereocenters. The minimum Gasteiger partial charge on any atom is -0.383 e. The normalized spacial score (nSPS) is 10.8. The Balaban J connectivity index is 2.22. The number of carbonyl (C=O) groups is 1. The van der Waals surface area contributed by atoms with Crippen LogP contribution in [0.4, 0.5) is 5.82 Å². The second kappa shape index (κ2) is 4.16. The molecule has 0 saturated carbocycles. The molecule has 1 aromatic carbocycles. The van der Waals surface area contributed by atoms with Crippen molar-refractivity contribution in [3.63, 3.8) is 0 Å². The fourth-order valence-corrected chi connectivity index (χ4v) is 1.91. The van der Waals surface area contributed by atoms with E-state index in [1.54, 1.807) is 23.0 Å². The van der Waals surface area contributed by atoms with Gasteiger partial charge >= 0.3 is 0 Å². The predicted molar refractivity (Wildman–Crippen MR) is 71.1 cm³/mol. The fourth-order valence-electron chi connectivity index (χ4n) is 1.91. The van der Waals surface area contributed by atoms with Crippen LogP contribution in [0.1, 0.15) is 17.3 Å². The maximum Gasteiger partial charge on any atom is 0.168 e. The number of fused-ring (bicyclic) bond motifs is 1. The maximum absolute atomic E-state index is 11.4. The van der Waals surface area contributed by atoms with Crippen LogP contribution in [0.25, 0.3) is 16.7 Å². The number of nitrogen functional groups attached to an aromatic ring is 1. The summed E-state index contributed by atoms with van der Waals surface area (Å²) in [5, 5.41) is 4.94. The van der Waals surface area contributed by atoms with Crippen molar-refractivity contribution < 1.29 is 4.79 Å². The molecule has 0 atom stereocenters. The quantitative estimate of drug-likeness (QED) is 0.701. The average molecular weight is 253 g/mol. The molecule has 94 valence electrons. The summed E-state index contributed by atoms with van der Waals surface area (Å²) >= 11 is 0. The highest BCUT2D eigenvalue weighted by atomic mass is 16.1. The molecule has 0 radical (unpaired) electrons. The third-order valence-electron chi connectivity index (χ3n) is 2.89. The maximum atomic E-state index is 11.4. The molecule has 0 saturated heterocycles. The van der Waals surface area contributed by atoms with Crippen molar-refractivity contribution in [1.29, 1.82) is 0 Å². The number of carbonyl (C=O) groups excluding carboxylic acids is 1. The van der Waals surface area contributed by atoms with E-state index in [1.165, 1.54) is 13.3 Å². The third-order valence-corrected chi connectivity index (χ3v) is 2.89. The summed E-state index contributed by atoms with van der Waals surface area (Å²) in [5.41, 5.74) is 7.78. The van der Waals surface area contributed by atoms with Gasteiger partial charge in [-0.15, -0.1) is 0 Å². The van der Waals surface area contributed by atoms with Crippen LogP contribution >= 0.6 is 0 Å². The SMILES string of the molecule is CC(=O)c1cccc(-n2ncc3c(N)ncnc32)c1. The third kappa shape index (κ3) is 1.83. The van der Waals surface area contributed by atoms with Crippen LogP contribution in [0.2, 0.25) is 0 Å². The molecule has 0 amide bonds. The van der Waals surface area contributed by atoms with E-state index in [1.807, 2.05) is 12.1 Å². The van der Waals surface area contributed by atoms with Gasteiger partial charge in [-0.25, -0.2) is 14.6 Å². The molecule has 2 heterocycles. The summed E-state index contributed by atoms with van der Waals surface area (Å²) in [6.45, 7) is 1.53. The second-order valence-electron chi connectivity index (χ2n) is 4.16. The Morgan fingerprint density at radius 2 is 2.16 bits per heavy atom. The van der Waals surface area contributed by atoms with Gasteiger partial charge in [-0.3, -0.25) is 4.79 Å². The number of nitrogens with zero attached hydrogens (tertiary/aromatic N) is 4. The summed E-state index contributed by atoms with van der Waals surface area (Å²) in [4.78, 5) is 19.5. The Hall–Kier alpha value is -2.76. The van der Waals surface area contributed by atoms with Crippen molar-refractivity contribution in [3.8, 4) is 5.69 Å². The van der Waals surface area contributed by atoms with E-state index in [4.69, 9.17) is 5.73 Å². The van der Waals surface area contributed by atoms with Gasteiger partial charge in [-0.2, -0.15) is 5.10 Å². The number of ketones is 1. The summed E-state index contributed by atoms with van der Waals surface area (Å²) in [5.74, 6) is 0.395. The summed E-state index contributed by atoms with van der Waals surface area (Å²) in [6.07, 6.45) is 3.01. The number of hydrogen-bond acceptors (Lipinski definition) is 5. The summed E-state index contributed by atoms with van der Waals surface area (Å²) in [6, 6.07) is 7.20. The minimum atomic E-state index is 0.00690. The molecule has 3 rings (SSSR count). The monoisotopic (exact) mass is 253 g/mol. The number of Topliss-reactive ketones (excluding diaryl/α,β-unsaturated/α-hetero) is 1. The van der Waals surface area contributed by atoms with Crippen molar-refractivity contribution >= 4 is 22.6 Å². The van der Waals surface area contributed by atoms with Gasteiger partial charge in [0.2, 0.25) is 0 Å². The van der Waals surface area contributed by atoms with Gasteiger partial charge in [-0.1, -0.05) is 12.1 Å². The number of rotatable bonds is 2. The van der Waals surface area contributed by atoms with Crippen LogP contribution < -0.4 is 5.73 Å². The summed E-state index contributed by atoms with van der Waals surface area (Å²) in [7, 11) is 0. The Bertz CT molecular complexity index is 778. The zero-order chi connectivity index (χ0) is 13.4. The minimum absolute atomic E-state index is 0.00690. The zero-order valence-electron chi connectivity index (χ0n) is 10.2. The highest BCUT2D eigenvalue weighted by molar-refractivity contribution is 5.94. The Kier molecular flexibility index (Phi) is 2.49. The molecule has 19 heavy (non-hydrogen) atoms. The molecule has 2 N–H and O–H groups in total. The largest absolute Gasteiger partial charge is 0.383 e. The molecule has 0 aliphatic heterocycles. The lowest BCUT2D eigenvalue weighted by Gasteiger charge is -2.04. The van der Waals surface area contributed by atoms with Crippen LogP contribution in [-0.4, -0.2) is 25.5 Å². The van der Waals surface area contributed by atoms with Crippen LogP contribution in [-0.2, 0) is 0 Å². The number of anilines is 1. The van der Waals surface area contributed by atoms with Gasteiger partial charge in [0.05, 0.1) is 17.3 Å². The van der Waals surface area contributed by atoms with E-state index in [-0.39, 0.29) is 5.78 Å². The molecular weight excluding hydrogens is 242 g/mol. The summed E-state index contributed by atoms with van der Waals surface area (Å²) < 4.78 is 1.64. The lowest BCUT2D eigenvalue weighted by Crippen LogP contribution is -2.01. The first-order chi connectivity index (χ1) is 9.16. The smallest absolute Gasteiger partial charge is 0.168 e. The molecule has 0 aliphatic rings. The Labute approximate surface area is 108 Å². The molecular formula is C13H11N5O. The molecule has 0 aliphatic carbocycles. The first-order valence-corrected chi connectivity index (χ1v) is 5.72. The highest BCUT2D eigenvalue weighted by Gasteiger charge is 2.10. The van der Waals surface area contributed by atoms with Crippen molar-refractivity contribution in [1.82, 2.24) is 19.7 Å². The molecule has 6 heteroatoms. The van der Waals surface area contributed by atoms with Crippen LogP contribution in [0.5, 0.6) is 0 Å². The Morgan fingerprint density at radius 3 is 2.95 bits per heavy atom. The number of nitrogens with two attached hydrogens (primary N) is 1. The zero-order valence-corrected chi connectivity index (χ0v) is 10.2. The standard InChI is InChI=1S/C13H11N5O/c1-8(19)9-3-2-4-10(5-9)18-13-11(6-17-18)12(14)15-7-16-13/h2-7H,1H3,(H2,14,15,16). The van der Waals surface area contributed by atoms with Gasteiger partial charge < -0.3 is 5.73 Å². The predicted octanol–water partition coefficient (Wildman–Crippen LogP) is 1.60. The Morgan fingerprint density at radius 1 is 1.32 bits per heavy atom. The number of benzene rings is 1. The van der Waals surface area contributed by atoms with Crippen molar-refractivity contribution in [3.05, 3.63) is 42.4 Å². The van der Waals surface area contributed by atoms with E-state index in [0.29, 0.717) is 22.4 Å². The van der Waals surface area contributed by atoms with Gasteiger partial charge in [-0.05, 0) is 19.1 Å². The van der Waals surface area contributed by atoms with Crippen molar-refractivity contribution in [2.75, 3.05) is 5.73 Å². The first-order valence-electron chi connectivity index (χ1n) is 5.72. The molecule has 0 spiro atoms. The van der Waals surface area contributed by atoms with E-state index >= 15 is 0 Å². The average Bonchev–Trinajstić information content (AvgIpc) is 2.84. The lowest BCUT2D eigenvalue weighted by molar-refractivity contribution is 0.101. The van der Waals surface area contributed by atoms with Crippen molar-refractivity contribution in [2.45, 2.75) is 6.92 Å².